The second-order valence-corrected chi connectivity index (χ2v) is 3.99. The van der Waals surface area contributed by atoms with Gasteiger partial charge in [-0.1, -0.05) is 17.3 Å². The summed E-state index contributed by atoms with van der Waals surface area (Å²) in [6.07, 6.45) is -4.71. The quantitative estimate of drug-likeness (QED) is 0.814. The molecule has 0 atom stereocenters. The summed E-state index contributed by atoms with van der Waals surface area (Å²) in [5.74, 6) is -2.15. The first-order valence-corrected chi connectivity index (χ1v) is 5.66. The maximum atomic E-state index is 12.4. The van der Waals surface area contributed by atoms with Gasteiger partial charge in [0.1, 0.15) is 0 Å². The van der Waals surface area contributed by atoms with E-state index in [0.29, 0.717) is 0 Å². The molecule has 0 aliphatic heterocycles. The predicted octanol–water partition coefficient (Wildman–Crippen LogP) is 2.39. The van der Waals surface area contributed by atoms with Crippen molar-refractivity contribution in [1.82, 2.24) is 15.2 Å². The number of hydrogen-bond donors (Lipinski definition) is 0. The van der Waals surface area contributed by atoms with Gasteiger partial charge in [-0.25, -0.2) is 5.06 Å². The number of hydroxylamine groups is 2. The lowest BCUT2D eigenvalue weighted by Gasteiger charge is -2.13. The molecule has 0 spiro atoms. The molecule has 2 aromatic rings. The zero-order chi connectivity index (χ0) is 15.6. The standard InChI is InChI=1S/C12H10F3N3O3/c1-18(20-2)10(19)8-5-3-4-7(6-8)9-16-11(21-17-9)12(13,14)15/h3-6H,1-2H3. The highest BCUT2D eigenvalue weighted by molar-refractivity contribution is 5.94. The van der Waals surface area contributed by atoms with E-state index in [-0.39, 0.29) is 17.0 Å². The number of hydrogen-bond acceptors (Lipinski definition) is 5. The Morgan fingerprint density at radius 2 is 2.10 bits per heavy atom. The van der Waals surface area contributed by atoms with Gasteiger partial charge in [0.25, 0.3) is 5.91 Å². The van der Waals surface area contributed by atoms with Crippen LogP contribution in [0.4, 0.5) is 13.2 Å². The van der Waals surface area contributed by atoms with Gasteiger partial charge in [0.05, 0.1) is 7.11 Å². The summed E-state index contributed by atoms with van der Waals surface area (Å²) in [6.45, 7) is 0. The van der Waals surface area contributed by atoms with Crippen LogP contribution in [0.2, 0.25) is 0 Å². The van der Waals surface area contributed by atoms with E-state index in [2.05, 4.69) is 14.7 Å². The molecule has 0 unspecified atom stereocenters. The first-order chi connectivity index (χ1) is 9.82. The van der Waals surface area contributed by atoms with Crippen molar-refractivity contribution in [3.63, 3.8) is 0 Å². The Hall–Kier alpha value is -2.42. The normalized spacial score (nSPS) is 11.5. The number of aromatic nitrogens is 2. The number of benzene rings is 1. The van der Waals surface area contributed by atoms with Crippen molar-refractivity contribution < 1.29 is 27.3 Å². The van der Waals surface area contributed by atoms with E-state index in [1.807, 2.05) is 0 Å². The number of alkyl halides is 3. The molecule has 1 amide bonds. The third-order valence-electron chi connectivity index (χ3n) is 2.60. The lowest BCUT2D eigenvalue weighted by atomic mass is 10.1. The molecule has 0 fully saturated rings. The largest absolute Gasteiger partial charge is 0.471 e. The van der Waals surface area contributed by atoms with E-state index in [0.717, 1.165) is 5.06 Å². The summed E-state index contributed by atoms with van der Waals surface area (Å²) in [5, 5.41) is 4.24. The van der Waals surface area contributed by atoms with Crippen LogP contribution in [0, 0.1) is 0 Å². The fourth-order valence-corrected chi connectivity index (χ4v) is 1.51. The maximum Gasteiger partial charge on any atom is 0.471 e. The molecule has 0 saturated carbocycles. The molecular formula is C12H10F3N3O3. The number of rotatable bonds is 3. The number of carbonyl (C=O) groups is 1. The zero-order valence-corrected chi connectivity index (χ0v) is 11.0. The van der Waals surface area contributed by atoms with Crippen molar-refractivity contribution in [1.29, 1.82) is 0 Å². The molecule has 21 heavy (non-hydrogen) atoms. The van der Waals surface area contributed by atoms with E-state index in [9.17, 15) is 18.0 Å². The summed E-state index contributed by atoms with van der Waals surface area (Å²) in [5.41, 5.74) is 0.444. The Balaban J connectivity index is 2.33. The monoisotopic (exact) mass is 301 g/mol. The maximum absolute atomic E-state index is 12.4. The molecular weight excluding hydrogens is 291 g/mol. The molecule has 6 nitrogen and oxygen atoms in total. The minimum Gasteiger partial charge on any atom is -0.329 e. The van der Waals surface area contributed by atoms with Crippen LogP contribution in [0.1, 0.15) is 16.2 Å². The molecule has 0 saturated heterocycles. The average molecular weight is 301 g/mol. The van der Waals surface area contributed by atoms with Gasteiger partial charge in [-0.3, -0.25) is 9.63 Å². The lowest BCUT2D eigenvalue weighted by Crippen LogP contribution is -2.25. The Bertz CT molecular complexity index is 654. The summed E-state index contributed by atoms with van der Waals surface area (Å²) in [6, 6.07) is 5.80. The minimum atomic E-state index is -4.71. The molecule has 0 radical (unpaired) electrons. The molecule has 1 heterocycles. The fraction of sp³-hybridized carbons (Fsp3) is 0.250. The average Bonchev–Trinajstić information content (AvgIpc) is 2.95. The Kier molecular flexibility index (Phi) is 3.94. The van der Waals surface area contributed by atoms with Crippen LogP contribution in [0.25, 0.3) is 11.4 Å². The molecule has 9 heteroatoms. The van der Waals surface area contributed by atoms with Crippen LogP contribution in [-0.4, -0.2) is 35.3 Å². The van der Waals surface area contributed by atoms with Gasteiger partial charge in [0.2, 0.25) is 5.82 Å². The van der Waals surface area contributed by atoms with E-state index >= 15 is 0 Å². The van der Waals surface area contributed by atoms with Crippen molar-refractivity contribution >= 4 is 5.91 Å². The number of amides is 1. The molecule has 0 N–H and O–H groups in total. The highest BCUT2D eigenvalue weighted by Crippen LogP contribution is 2.29. The van der Waals surface area contributed by atoms with Crippen molar-refractivity contribution in [2.24, 2.45) is 0 Å². The molecule has 0 aliphatic carbocycles. The van der Waals surface area contributed by atoms with E-state index in [1.165, 1.54) is 38.4 Å². The lowest BCUT2D eigenvalue weighted by molar-refractivity contribution is -0.159. The highest BCUT2D eigenvalue weighted by atomic mass is 19.4. The summed E-state index contributed by atoms with van der Waals surface area (Å²) >= 11 is 0. The van der Waals surface area contributed by atoms with Crippen LogP contribution in [-0.2, 0) is 11.0 Å². The Labute approximate surface area is 117 Å². The van der Waals surface area contributed by atoms with Gasteiger partial charge in [0.15, 0.2) is 0 Å². The highest BCUT2D eigenvalue weighted by Gasteiger charge is 2.38. The minimum absolute atomic E-state index is 0.218. The fourth-order valence-electron chi connectivity index (χ4n) is 1.51. The third-order valence-corrected chi connectivity index (χ3v) is 2.60. The first-order valence-electron chi connectivity index (χ1n) is 5.66. The Morgan fingerprint density at radius 1 is 1.38 bits per heavy atom. The number of halogens is 3. The second kappa shape index (κ2) is 5.52. The van der Waals surface area contributed by atoms with Crippen LogP contribution in [0.5, 0.6) is 0 Å². The summed E-state index contributed by atoms with van der Waals surface area (Å²) in [7, 11) is 2.72. The molecule has 112 valence electrons. The van der Waals surface area contributed by atoms with Gasteiger partial charge < -0.3 is 4.52 Å². The molecule has 0 aliphatic rings. The predicted molar refractivity (Wildman–Crippen MR) is 63.8 cm³/mol. The van der Waals surface area contributed by atoms with E-state index in [4.69, 9.17) is 4.84 Å². The van der Waals surface area contributed by atoms with Crippen LogP contribution in [0.15, 0.2) is 28.8 Å². The summed E-state index contributed by atoms with van der Waals surface area (Å²) < 4.78 is 41.4. The van der Waals surface area contributed by atoms with Crippen molar-refractivity contribution in [2.75, 3.05) is 14.2 Å². The van der Waals surface area contributed by atoms with Gasteiger partial charge in [0, 0.05) is 18.2 Å². The molecule has 1 aromatic carbocycles. The van der Waals surface area contributed by atoms with Gasteiger partial charge in [-0.05, 0) is 12.1 Å². The summed E-state index contributed by atoms with van der Waals surface area (Å²) in [4.78, 5) is 19.9. The topological polar surface area (TPSA) is 68.5 Å². The van der Waals surface area contributed by atoms with Crippen LogP contribution >= 0.6 is 0 Å². The van der Waals surface area contributed by atoms with Crippen molar-refractivity contribution in [3.8, 4) is 11.4 Å². The van der Waals surface area contributed by atoms with Gasteiger partial charge in [-0.2, -0.15) is 18.2 Å². The molecule has 1 aromatic heterocycles. The van der Waals surface area contributed by atoms with E-state index < -0.39 is 18.0 Å². The van der Waals surface area contributed by atoms with Crippen molar-refractivity contribution in [3.05, 3.63) is 35.7 Å². The first kappa shape index (κ1) is 15.0. The number of carbonyl (C=O) groups excluding carboxylic acids is 1. The SMILES string of the molecule is CON(C)C(=O)c1cccc(-c2noc(C(F)(F)F)n2)c1. The molecule has 0 bridgehead atoms. The van der Waals surface area contributed by atoms with Crippen molar-refractivity contribution in [2.45, 2.75) is 6.18 Å². The number of nitrogens with zero attached hydrogens (tertiary/aromatic N) is 3. The van der Waals surface area contributed by atoms with Crippen LogP contribution in [0.3, 0.4) is 0 Å². The van der Waals surface area contributed by atoms with Gasteiger partial charge in [-0.15, -0.1) is 0 Å². The third kappa shape index (κ3) is 3.19. The van der Waals surface area contributed by atoms with Gasteiger partial charge >= 0.3 is 12.1 Å². The molecule has 2 rings (SSSR count). The Morgan fingerprint density at radius 3 is 2.67 bits per heavy atom. The van der Waals surface area contributed by atoms with Crippen LogP contribution < -0.4 is 0 Å². The zero-order valence-electron chi connectivity index (χ0n) is 11.0. The second-order valence-electron chi connectivity index (χ2n) is 3.99. The smallest absolute Gasteiger partial charge is 0.329 e. The van der Waals surface area contributed by atoms with E-state index in [1.54, 1.807) is 0 Å².